The third kappa shape index (κ3) is 2.40. The first-order chi connectivity index (χ1) is 7.56. The molecule has 0 saturated heterocycles. The van der Waals surface area contributed by atoms with Gasteiger partial charge in [0.1, 0.15) is 11.6 Å². The monoisotopic (exact) mass is 225 g/mol. The van der Waals surface area contributed by atoms with Gasteiger partial charge < -0.3 is 5.73 Å². The Labute approximate surface area is 94.7 Å². The van der Waals surface area contributed by atoms with Crippen molar-refractivity contribution in [2.75, 3.05) is 0 Å². The van der Waals surface area contributed by atoms with Crippen molar-refractivity contribution in [1.82, 2.24) is 0 Å². The molecule has 3 unspecified atom stereocenters. The molecule has 1 fully saturated rings. The molecule has 1 saturated carbocycles. The van der Waals surface area contributed by atoms with Gasteiger partial charge in [-0.3, -0.25) is 0 Å². The fourth-order valence-electron chi connectivity index (χ4n) is 2.58. The van der Waals surface area contributed by atoms with Gasteiger partial charge in [0.2, 0.25) is 0 Å². The maximum atomic E-state index is 13.1. The second-order valence-corrected chi connectivity index (χ2v) is 4.89. The Hall–Kier alpha value is -0.960. The summed E-state index contributed by atoms with van der Waals surface area (Å²) in [5.41, 5.74) is 6.73. The van der Waals surface area contributed by atoms with Crippen LogP contribution in [-0.4, -0.2) is 6.04 Å². The van der Waals surface area contributed by atoms with Gasteiger partial charge in [0.05, 0.1) is 0 Å². The molecular formula is C13H17F2N. The van der Waals surface area contributed by atoms with E-state index in [4.69, 9.17) is 5.73 Å². The summed E-state index contributed by atoms with van der Waals surface area (Å²) in [6, 6.07) is 3.75. The highest BCUT2D eigenvalue weighted by molar-refractivity contribution is 5.24. The largest absolute Gasteiger partial charge is 0.327 e. The second kappa shape index (κ2) is 4.50. The molecule has 88 valence electrons. The maximum Gasteiger partial charge on any atom is 0.126 e. The lowest BCUT2D eigenvalue weighted by atomic mass is 9.76. The first kappa shape index (κ1) is 11.5. The van der Waals surface area contributed by atoms with E-state index in [1.54, 1.807) is 0 Å². The second-order valence-electron chi connectivity index (χ2n) is 4.89. The van der Waals surface area contributed by atoms with Crippen LogP contribution in [0.4, 0.5) is 8.78 Å². The van der Waals surface area contributed by atoms with Crippen molar-refractivity contribution in [3.8, 4) is 0 Å². The van der Waals surface area contributed by atoms with E-state index in [9.17, 15) is 8.78 Å². The fourth-order valence-corrected chi connectivity index (χ4v) is 2.58. The van der Waals surface area contributed by atoms with Crippen LogP contribution >= 0.6 is 0 Å². The van der Waals surface area contributed by atoms with E-state index in [1.807, 2.05) is 0 Å². The van der Waals surface area contributed by atoms with E-state index in [2.05, 4.69) is 6.92 Å². The van der Waals surface area contributed by atoms with Gasteiger partial charge in [0.15, 0.2) is 0 Å². The highest BCUT2D eigenvalue weighted by atomic mass is 19.1. The summed E-state index contributed by atoms with van der Waals surface area (Å²) in [7, 11) is 0. The van der Waals surface area contributed by atoms with Crippen LogP contribution in [0.2, 0.25) is 0 Å². The predicted octanol–water partition coefficient (Wildman–Crippen LogP) is 3.20. The van der Waals surface area contributed by atoms with Crippen LogP contribution in [0.5, 0.6) is 0 Å². The molecule has 1 aliphatic rings. The molecule has 0 amide bonds. The van der Waals surface area contributed by atoms with E-state index in [1.165, 1.54) is 12.1 Å². The minimum Gasteiger partial charge on any atom is -0.327 e. The topological polar surface area (TPSA) is 26.0 Å². The summed E-state index contributed by atoms with van der Waals surface area (Å²) in [5.74, 6) is -0.356. The summed E-state index contributed by atoms with van der Waals surface area (Å²) in [6.45, 7) is 2.16. The smallest absolute Gasteiger partial charge is 0.126 e. The molecule has 0 radical (unpaired) electrons. The molecule has 3 atom stereocenters. The van der Waals surface area contributed by atoms with Crippen molar-refractivity contribution in [2.45, 2.75) is 38.1 Å². The molecule has 0 heterocycles. The van der Waals surface area contributed by atoms with Gasteiger partial charge in [-0.2, -0.15) is 0 Å². The number of rotatable bonds is 1. The quantitative estimate of drug-likeness (QED) is 0.780. The van der Waals surface area contributed by atoms with Crippen LogP contribution in [0.15, 0.2) is 18.2 Å². The van der Waals surface area contributed by atoms with Crippen LogP contribution < -0.4 is 5.73 Å². The van der Waals surface area contributed by atoms with E-state index in [-0.39, 0.29) is 12.0 Å². The van der Waals surface area contributed by atoms with Crippen LogP contribution in [0.25, 0.3) is 0 Å². The van der Waals surface area contributed by atoms with E-state index < -0.39 is 11.6 Å². The van der Waals surface area contributed by atoms with E-state index in [0.29, 0.717) is 11.5 Å². The zero-order valence-corrected chi connectivity index (χ0v) is 9.42. The first-order valence-electron chi connectivity index (χ1n) is 5.78. The van der Waals surface area contributed by atoms with Crippen molar-refractivity contribution < 1.29 is 8.78 Å². The fraction of sp³-hybridized carbons (Fsp3) is 0.538. The molecule has 2 N–H and O–H groups in total. The molecule has 16 heavy (non-hydrogen) atoms. The Morgan fingerprint density at radius 2 is 1.75 bits per heavy atom. The van der Waals surface area contributed by atoms with Gasteiger partial charge >= 0.3 is 0 Å². The van der Waals surface area contributed by atoms with Crippen LogP contribution in [0.1, 0.15) is 37.7 Å². The number of hydrogen-bond donors (Lipinski definition) is 1. The Balaban J connectivity index is 2.27. The van der Waals surface area contributed by atoms with Gasteiger partial charge in [-0.1, -0.05) is 6.92 Å². The van der Waals surface area contributed by atoms with Crippen LogP contribution in [0, 0.1) is 17.6 Å². The standard InChI is InChI=1S/C13H17F2N/c1-8-2-3-13(16)12(4-8)9-5-10(14)7-11(15)6-9/h5-8,12-13H,2-4,16H2,1H3. The molecule has 0 aromatic heterocycles. The van der Waals surface area contributed by atoms with E-state index in [0.717, 1.165) is 25.3 Å². The summed E-state index contributed by atoms with van der Waals surface area (Å²) in [5, 5.41) is 0. The number of nitrogens with two attached hydrogens (primary N) is 1. The molecule has 0 spiro atoms. The van der Waals surface area contributed by atoms with Crippen LogP contribution in [0.3, 0.4) is 0 Å². The lowest BCUT2D eigenvalue weighted by Crippen LogP contribution is -2.34. The zero-order valence-electron chi connectivity index (χ0n) is 9.42. The zero-order chi connectivity index (χ0) is 11.7. The Morgan fingerprint density at radius 3 is 2.38 bits per heavy atom. The minimum atomic E-state index is -0.513. The summed E-state index contributed by atoms with van der Waals surface area (Å²) in [6.07, 6.45) is 2.96. The predicted molar refractivity (Wildman–Crippen MR) is 60.1 cm³/mol. The summed E-state index contributed by atoms with van der Waals surface area (Å²) >= 11 is 0. The molecule has 3 heteroatoms. The van der Waals surface area contributed by atoms with Gasteiger partial charge in [-0.25, -0.2) is 8.78 Å². The van der Waals surface area contributed by atoms with Gasteiger partial charge in [-0.15, -0.1) is 0 Å². The number of benzene rings is 1. The van der Waals surface area contributed by atoms with Crippen molar-refractivity contribution in [2.24, 2.45) is 11.7 Å². The Morgan fingerprint density at radius 1 is 1.12 bits per heavy atom. The lowest BCUT2D eigenvalue weighted by molar-refractivity contribution is 0.305. The number of halogens is 2. The third-order valence-electron chi connectivity index (χ3n) is 3.48. The molecule has 1 nitrogen and oxygen atoms in total. The summed E-state index contributed by atoms with van der Waals surface area (Å²) in [4.78, 5) is 0. The molecule has 1 aromatic rings. The highest BCUT2D eigenvalue weighted by Crippen LogP contribution is 2.35. The average molecular weight is 225 g/mol. The van der Waals surface area contributed by atoms with Gasteiger partial charge in [0.25, 0.3) is 0 Å². The van der Waals surface area contributed by atoms with Gasteiger partial charge in [-0.05, 0) is 48.8 Å². The van der Waals surface area contributed by atoms with E-state index >= 15 is 0 Å². The average Bonchev–Trinajstić information content (AvgIpc) is 2.20. The Bertz CT molecular complexity index is 358. The molecule has 0 bridgehead atoms. The van der Waals surface area contributed by atoms with Crippen molar-refractivity contribution in [3.05, 3.63) is 35.4 Å². The number of hydrogen-bond acceptors (Lipinski definition) is 1. The molecule has 1 aromatic carbocycles. The molecule has 1 aliphatic carbocycles. The van der Waals surface area contributed by atoms with Crippen LogP contribution in [-0.2, 0) is 0 Å². The summed E-state index contributed by atoms with van der Waals surface area (Å²) < 4.78 is 26.3. The lowest BCUT2D eigenvalue weighted by Gasteiger charge is -2.32. The molecule has 0 aliphatic heterocycles. The third-order valence-corrected chi connectivity index (χ3v) is 3.48. The normalized spacial score (nSPS) is 30.4. The minimum absolute atomic E-state index is 0.0254. The van der Waals surface area contributed by atoms with Crippen molar-refractivity contribution in [3.63, 3.8) is 0 Å². The first-order valence-corrected chi connectivity index (χ1v) is 5.78. The van der Waals surface area contributed by atoms with Crippen molar-refractivity contribution >= 4 is 0 Å². The highest BCUT2D eigenvalue weighted by Gasteiger charge is 2.27. The molecule has 2 rings (SSSR count). The maximum absolute atomic E-state index is 13.1. The Kier molecular flexibility index (Phi) is 3.24. The molecular weight excluding hydrogens is 208 g/mol. The van der Waals surface area contributed by atoms with Gasteiger partial charge in [0, 0.05) is 12.1 Å². The van der Waals surface area contributed by atoms with Crippen molar-refractivity contribution in [1.29, 1.82) is 0 Å². The SMILES string of the molecule is CC1CCC(N)C(c2cc(F)cc(F)c2)C1.